The lowest BCUT2D eigenvalue weighted by Crippen LogP contribution is -1.90. The van der Waals surface area contributed by atoms with Crippen molar-refractivity contribution in [1.29, 1.82) is 0 Å². The van der Waals surface area contributed by atoms with E-state index in [1.54, 1.807) is 11.8 Å². The van der Waals surface area contributed by atoms with Gasteiger partial charge in [0.2, 0.25) is 0 Å². The van der Waals surface area contributed by atoms with Gasteiger partial charge in [0.05, 0.1) is 5.02 Å². The Kier molecular flexibility index (Phi) is 4.19. The Hall–Kier alpha value is -2.01. The van der Waals surface area contributed by atoms with E-state index in [2.05, 4.69) is 10.2 Å². The highest BCUT2D eigenvalue weighted by Gasteiger charge is 2.11. The van der Waals surface area contributed by atoms with Crippen molar-refractivity contribution in [2.45, 2.75) is 9.79 Å². The Balaban J connectivity index is 1.76. The first-order valence-corrected chi connectivity index (χ1v) is 8.81. The Morgan fingerprint density at radius 2 is 1.54 bits per heavy atom. The average Bonchev–Trinajstić information content (AvgIpc) is 3.00. The summed E-state index contributed by atoms with van der Waals surface area (Å²) in [5.74, 6) is 0.731. The molecule has 4 rings (SSSR count). The predicted molar refractivity (Wildman–Crippen MR) is 99.0 cm³/mol. The molecule has 0 bridgehead atoms. The quantitative estimate of drug-likeness (QED) is 0.452. The smallest absolute Gasteiger partial charge is 0.169 e. The molecule has 2 aromatic heterocycles. The maximum absolute atomic E-state index is 6.30. The predicted octanol–water partition coefficient (Wildman–Crippen LogP) is 5.85. The molecular weight excluding hydrogens is 361 g/mol. The first-order chi connectivity index (χ1) is 11.7. The Labute approximate surface area is 153 Å². The summed E-state index contributed by atoms with van der Waals surface area (Å²) < 4.78 is 1.96. The summed E-state index contributed by atoms with van der Waals surface area (Å²) in [4.78, 5) is 2.20. The molecule has 0 saturated heterocycles. The number of halogens is 2. The third-order valence-electron chi connectivity index (χ3n) is 3.54. The molecule has 0 aliphatic carbocycles. The summed E-state index contributed by atoms with van der Waals surface area (Å²) in [5.41, 5.74) is 1.64. The fourth-order valence-electron chi connectivity index (χ4n) is 2.40. The van der Waals surface area contributed by atoms with Crippen LogP contribution in [0.25, 0.3) is 17.0 Å². The monoisotopic (exact) mass is 371 g/mol. The van der Waals surface area contributed by atoms with Crippen LogP contribution in [0.1, 0.15) is 0 Å². The van der Waals surface area contributed by atoms with Crippen LogP contribution < -0.4 is 0 Å². The first-order valence-electron chi connectivity index (χ1n) is 7.24. The SMILES string of the molecule is Clc1ccc(Sc2ccc3nnc(-c4ccccc4Cl)n3c2)cc1. The van der Waals surface area contributed by atoms with Crippen molar-refractivity contribution < 1.29 is 0 Å². The van der Waals surface area contributed by atoms with Crippen molar-refractivity contribution in [3.8, 4) is 11.4 Å². The van der Waals surface area contributed by atoms with Gasteiger partial charge < -0.3 is 0 Å². The van der Waals surface area contributed by atoms with Crippen LogP contribution in [0.5, 0.6) is 0 Å². The molecular formula is C18H11Cl2N3S. The normalized spacial score (nSPS) is 11.1. The first kappa shape index (κ1) is 15.5. The number of rotatable bonds is 3. The van der Waals surface area contributed by atoms with Gasteiger partial charge in [0.15, 0.2) is 11.5 Å². The molecule has 4 aromatic rings. The van der Waals surface area contributed by atoms with E-state index < -0.39 is 0 Å². The Bertz CT molecular complexity index is 1010. The minimum atomic E-state index is 0.655. The van der Waals surface area contributed by atoms with Crippen LogP contribution in [0.15, 0.2) is 76.7 Å². The van der Waals surface area contributed by atoms with Crippen LogP contribution in [-0.2, 0) is 0 Å². The van der Waals surface area contributed by atoms with E-state index >= 15 is 0 Å². The average molecular weight is 372 g/mol. The van der Waals surface area contributed by atoms with Gasteiger partial charge in [-0.15, -0.1) is 10.2 Å². The highest BCUT2D eigenvalue weighted by atomic mass is 35.5. The number of aromatic nitrogens is 3. The van der Waals surface area contributed by atoms with Gasteiger partial charge in [0, 0.05) is 26.6 Å². The summed E-state index contributed by atoms with van der Waals surface area (Å²) >= 11 is 13.9. The lowest BCUT2D eigenvalue weighted by Gasteiger charge is -2.05. The number of benzene rings is 2. The van der Waals surface area contributed by atoms with E-state index in [-0.39, 0.29) is 0 Å². The minimum absolute atomic E-state index is 0.655. The maximum atomic E-state index is 6.30. The van der Waals surface area contributed by atoms with Crippen LogP contribution in [0, 0.1) is 0 Å². The fourth-order valence-corrected chi connectivity index (χ4v) is 3.58. The van der Waals surface area contributed by atoms with E-state index in [1.165, 1.54) is 0 Å². The van der Waals surface area contributed by atoms with Crippen molar-refractivity contribution in [3.05, 3.63) is 76.9 Å². The van der Waals surface area contributed by atoms with Crippen LogP contribution in [0.3, 0.4) is 0 Å². The Morgan fingerprint density at radius 1 is 0.792 bits per heavy atom. The minimum Gasteiger partial charge on any atom is -0.281 e. The molecule has 0 spiro atoms. The molecule has 0 amide bonds. The second kappa shape index (κ2) is 6.48. The van der Waals surface area contributed by atoms with Crippen molar-refractivity contribution in [3.63, 3.8) is 0 Å². The molecule has 3 nitrogen and oxygen atoms in total. The van der Waals surface area contributed by atoms with Gasteiger partial charge in [0.1, 0.15) is 0 Å². The Morgan fingerprint density at radius 3 is 2.33 bits per heavy atom. The van der Waals surface area contributed by atoms with Gasteiger partial charge >= 0.3 is 0 Å². The number of nitrogens with zero attached hydrogens (tertiary/aromatic N) is 3. The summed E-state index contributed by atoms with van der Waals surface area (Å²) in [7, 11) is 0. The topological polar surface area (TPSA) is 30.2 Å². The molecule has 0 radical (unpaired) electrons. The van der Waals surface area contributed by atoms with Gasteiger partial charge in [-0.3, -0.25) is 4.40 Å². The van der Waals surface area contributed by atoms with Gasteiger partial charge in [-0.1, -0.05) is 47.1 Å². The van der Waals surface area contributed by atoms with Crippen molar-refractivity contribution in [2.24, 2.45) is 0 Å². The molecule has 24 heavy (non-hydrogen) atoms. The summed E-state index contributed by atoms with van der Waals surface area (Å²) in [6.07, 6.45) is 2.02. The molecule has 118 valence electrons. The lowest BCUT2D eigenvalue weighted by molar-refractivity contribution is 1.10. The van der Waals surface area contributed by atoms with E-state index in [4.69, 9.17) is 23.2 Å². The number of hydrogen-bond acceptors (Lipinski definition) is 3. The third-order valence-corrected chi connectivity index (χ3v) is 5.11. The van der Waals surface area contributed by atoms with Gasteiger partial charge in [-0.05, 0) is 48.5 Å². The van der Waals surface area contributed by atoms with Crippen molar-refractivity contribution >= 4 is 40.6 Å². The number of fused-ring (bicyclic) bond motifs is 1. The molecule has 0 atom stereocenters. The van der Waals surface area contributed by atoms with E-state index in [9.17, 15) is 0 Å². The van der Waals surface area contributed by atoms with Crippen LogP contribution >= 0.6 is 35.0 Å². The van der Waals surface area contributed by atoms with Gasteiger partial charge in [0.25, 0.3) is 0 Å². The molecule has 2 heterocycles. The second-order valence-corrected chi connectivity index (χ2v) is 7.14. The molecule has 0 aliphatic rings. The van der Waals surface area contributed by atoms with Crippen molar-refractivity contribution in [1.82, 2.24) is 14.6 Å². The second-order valence-electron chi connectivity index (χ2n) is 5.15. The molecule has 0 aliphatic heterocycles. The zero-order chi connectivity index (χ0) is 16.5. The molecule has 6 heteroatoms. The molecule has 0 unspecified atom stereocenters. The zero-order valence-corrected chi connectivity index (χ0v) is 14.7. The van der Waals surface area contributed by atoms with Gasteiger partial charge in [-0.25, -0.2) is 0 Å². The number of pyridine rings is 1. The highest BCUT2D eigenvalue weighted by molar-refractivity contribution is 7.99. The van der Waals surface area contributed by atoms with Crippen LogP contribution in [0.2, 0.25) is 10.0 Å². The molecule has 0 fully saturated rings. The van der Waals surface area contributed by atoms with Gasteiger partial charge in [-0.2, -0.15) is 0 Å². The molecule has 0 saturated carbocycles. The van der Waals surface area contributed by atoms with Crippen molar-refractivity contribution in [2.75, 3.05) is 0 Å². The molecule has 2 aromatic carbocycles. The lowest BCUT2D eigenvalue weighted by atomic mass is 10.2. The largest absolute Gasteiger partial charge is 0.281 e. The number of hydrogen-bond donors (Lipinski definition) is 0. The van der Waals surface area contributed by atoms with E-state index in [0.717, 1.165) is 31.8 Å². The van der Waals surface area contributed by atoms with E-state index in [1.807, 2.05) is 71.3 Å². The standard InChI is InChI=1S/C18H11Cl2N3S/c19-12-5-7-13(8-6-12)24-14-9-10-17-21-22-18(23(17)11-14)15-3-1-2-4-16(15)20/h1-11H. The zero-order valence-electron chi connectivity index (χ0n) is 12.4. The van der Waals surface area contributed by atoms with E-state index in [0.29, 0.717) is 5.02 Å². The van der Waals surface area contributed by atoms with Crippen LogP contribution in [-0.4, -0.2) is 14.6 Å². The molecule has 0 N–H and O–H groups in total. The summed E-state index contributed by atoms with van der Waals surface area (Å²) in [6, 6.07) is 19.4. The summed E-state index contributed by atoms with van der Waals surface area (Å²) in [5, 5.41) is 9.90. The summed E-state index contributed by atoms with van der Waals surface area (Å²) in [6.45, 7) is 0. The fraction of sp³-hybridized carbons (Fsp3) is 0. The maximum Gasteiger partial charge on any atom is 0.169 e. The highest BCUT2D eigenvalue weighted by Crippen LogP contribution is 2.31. The third kappa shape index (κ3) is 3.00. The van der Waals surface area contributed by atoms with Crippen LogP contribution in [0.4, 0.5) is 0 Å².